The Morgan fingerprint density at radius 3 is 2.64 bits per heavy atom. The molecular formula is C18H22N4O2S. The molecular weight excluding hydrogens is 336 g/mol. The van der Waals surface area contributed by atoms with Crippen LogP contribution in [0.3, 0.4) is 0 Å². The number of hydrogen-bond acceptors (Lipinski definition) is 5. The number of nitrogens with zero attached hydrogens (tertiary/aromatic N) is 2. The molecule has 0 heterocycles. The molecule has 0 aromatic heterocycles. The van der Waals surface area contributed by atoms with Crippen molar-refractivity contribution in [3.05, 3.63) is 54.1 Å². The summed E-state index contributed by atoms with van der Waals surface area (Å²) in [4.78, 5) is 1.98. The minimum atomic E-state index is 0.125. The first-order valence-electron chi connectivity index (χ1n) is 7.79. The average molecular weight is 358 g/mol. The van der Waals surface area contributed by atoms with Crippen LogP contribution in [0.25, 0.3) is 0 Å². The molecule has 0 amide bonds. The highest BCUT2D eigenvalue weighted by molar-refractivity contribution is 7.80. The van der Waals surface area contributed by atoms with Gasteiger partial charge in [0.1, 0.15) is 5.75 Å². The van der Waals surface area contributed by atoms with E-state index in [9.17, 15) is 0 Å². The monoisotopic (exact) mass is 358 g/mol. The molecule has 0 aliphatic carbocycles. The molecule has 2 aromatic carbocycles. The molecule has 6 nitrogen and oxygen atoms in total. The van der Waals surface area contributed by atoms with Gasteiger partial charge in [-0.2, -0.15) is 5.10 Å². The Bertz CT molecular complexity index is 719. The van der Waals surface area contributed by atoms with E-state index in [1.807, 2.05) is 60.5 Å². The summed E-state index contributed by atoms with van der Waals surface area (Å²) in [6.07, 6.45) is 1.69. The Hall–Kier alpha value is -2.64. The fourth-order valence-electron chi connectivity index (χ4n) is 2.16. The van der Waals surface area contributed by atoms with Crippen molar-refractivity contribution in [1.29, 1.82) is 0 Å². The maximum absolute atomic E-state index is 8.96. The minimum Gasteiger partial charge on any atom is -0.495 e. The maximum Gasteiger partial charge on any atom is 0.191 e. The maximum atomic E-state index is 8.96. The van der Waals surface area contributed by atoms with Gasteiger partial charge in [-0.3, -0.25) is 5.43 Å². The van der Waals surface area contributed by atoms with E-state index in [-0.39, 0.29) is 6.61 Å². The molecule has 25 heavy (non-hydrogen) atoms. The number of methoxy groups -OCH3 is 1. The zero-order valence-corrected chi connectivity index (χ0v) is 15.1. The van der Waals surface area contributed by atoms with E-state index in [0.29, 0.717) is 17.4 Å². The van der Waals surface area contributed by atoms with Gasteiger partial charge in [-0.05, 0) is 42.0 Å². The van der Waals surface area contributed by atoms with Gasteiger partial charge < -0.3 is 20.1 Å². The number of rotatable bonds is 7. The van der Waals surface area contributed by atoms with Crippen LogP contribution in [0.2, 0.25) is 0 Å². The summed E-state index contributed by atoms with van der Waals surface area (Å²) in [7, 11) is 3.54. The van der Waals surface area contributed by atoms with Crippen molar-refractivity contribution < 1.29 is 9.84 Å². The zero-order chi connectivity index (χ0) is 18.1. The second-order valence-electron chi connectivity index (χ2n) is 5.26. The van der Waals surface area contributed by atoms with Crippen molar-refractivity contribution in [3.63, 3.8) is 0 Å². The topological polar surface area (TPSA) is 69.1 Å². The number of para-hydroxylation sites is 2. The third-order valence-electron chi connectivity index (χ3n) is 3.50. The summed E-state index contributed by atoms with van der Waals surface area (Å²) >= 11 is 5.22. The Kier molecular flexibility index (Phi) is 7.18. The Morgan fingerprint density at radius 1 is 1.24 bits per heavy atom. The number of ether oxygens (including phenoxy) is 1. The number of aliphatic hydroxyl groups excluding tert-OH is 1. The number of anilines is 2. The van der Waals surface area contributed by atoms with E-state index in [1.54, 1.807) is 13.3 Å². The lowest BCUT2D eigenvalue weighted by Crippen LogP contribution is -2.24. The number of hydrogen-bond donors (Lipinski definition) is 3. The van der Waals surface area contributed by atoms with E-state index in [1.165, 1.54) is 0 Å². The number of likely N-dealkylation sites (N-methyl/N-ethyl adjacent to an activating group) is 1. The Balaban J connectivity index is 1.88. The van der Waals surface area contributed by atoms with Gasteiger partial charge in [0.2, 0.25) is 0 Å². The van der Waals surface area contributed by atoms with Gasteiger partial charge in [-0.25, -0.2) is 0 Å². The van der Waals surface area contributed by atoms with Crippen molar-refractivity contribution >= 4 is 34.9 Å². The highest BCUT2D eigenvalue weighted by Gasteiger charge is 2.03. The third kappa shape index (κ3) is 5.74. The third-order valence-corrected chi connectivity index (χ3v) is 3.70. The van der Waals surface area contributed by atoms with Crippen molar-refractivity contribution in [3.8, 4) is 5.75 Å². The van der Waals surface area contributed by atoms with E-state index >= 15 is 0 Å². The predicted octanol–water partition coefficient (Wildman–Crippen LogP) is 2.44. The summed E-state index contributed by atoms with van der Waals surface area (Å²) in [5, 5.41) is 16.5. The van der Waals surface area contributed by atoms with Crippen LogP contribution in [0.4, 0.5) is 11.4 Å². The first-order valence-corrected chi connectivity index (χ1v) is 8.20. The van der Waals surface area contributed by atoms with Crippen LogP contribution in [0.5, 0.6) is 5.75 Å². The molecule has 0 bridgehead atoms. The molecule has 0 saturated heterocycles. The van der Waals surface area contributed by atoms with Gasteiger partial charge in [0.05, 0.1) is 25.6 Å². The predicted molar refractivity (Wildman–Crippen MR) is 107 cm³/mol. The van der Waals surface area contributed by atoms with Crippen LogP contribution in [0, 0.1) is 0 Å². The van der Waals surface area contributed by atoms with E-state index in [0.717, 1.165) is 16.9 Å². The fourth-order valence-corrected chi connectivity index (χ4v) is 2.32. The Labute approximate surface area is 153 Å². The molecule has 0 atom stereocenters. The lowest BCUT2D eigenvalue weighted by molar-refractivity contribution is 0.304. The summed E-state index contributed by atoms with van der Waals surface area (Å²) < 4.78 is 5.26. The molecule has 0 spiro atoms. The lowest BCUT2D eigenvalue weighted by atomic mass is 10.2. The van der Waals surface area contributed by atoms with E-state index in [2.05, 4.69) is 15.8 Å². The molecule has 7 heteroatoms. The molecule has 0 unspecified atom stereocenters. The quantitative estimate of drug-likeness (QED) is 0.401. The SMILES string of the molecule is COc1ccccc1NC(=S)NN=Cc1ccc(N(C)CCO)cc1. The number of nitrogens with one attached hydrogen (secondary N) is 2. The number of aliphatic hydroxyl groups is 1. The van der Waals surface area contributed by atoms with Crippen molar-refractivity contribution in [2.24, 2.45) is 5.10 Å². The molecule has 3 N–H and O–H groups in total. The van der Waals surface area contributed by atoms with Gasteiger partial charge in [-0.15, -0.1) is 0 Å². The summed E-state index contributed by atoms with van der Waals surface area (Å²) in [6.45, 7) is 0.720. The van der Waals surface area contributed by atoms with Crippen molar-refractivity contribution in [1.82, 2.24) is 5.43 Å². The minimum absolute atomic E-state index is 0.125. The number of benzene rings is 2. The lowest BCUT2D eigenvalue weighted by Gasteiger charge is -2.17. The van der Waals surface area contributed by atoms with Crippen LogP contribution in [0.15, 0.2) is 53.6 Å². The largest absolute Gasteiger partial charge is 0.495 e. The van der Waals surface area contributed by atoms with Gasteiger partial charge in [0, 0.05) is 19.3 Å². The zero-order valence-electron chi connectivity index (χ0n) is 14.3. The molecule has 132 valence electrons. The summed E-state index contributed by atoms with van der Waals surface area (Å²) in [5.41, 5.74) is 5.52. The van der Waals surface area contributed by atoms with Crippen LogP contribution in [-0.4, -0.2) is 43.7 Å². The van der Waals surface area contributed by atoms with Crippen LogP contribution in [-0.2, 0) is 0 Å². The summed E-state index contributed by atoms with van der Waals surface area (Å²) in [5.74, 6) is 0.707. The molecule has 2 rings (SSSR count). The molecule has 0 radical (unpaired) electrons. The van der Waals surface area contributed by atoms with Gasteiger partial charge in [-0.1, -0.05) is 24.3 Å². The molecule has 2 aromatic rings. The number of hydrazone groups is 1. The first kappa shape index (κ1) is 18.7. The molecule has 0 fully saturated rings. The van der Waals surface area contributed by atoms with E-state index in [4.69, 9.17) is 22.1 Å². The molecule has 0 saturated carbocycles. The fraction of sp³-hybridized carbons (Fsp3) is 0.222. The van der Waals surface area contributed by atoms with Gasteiger partial charge in [0.15, 0.2) is 5.11 Å². The highest BCUT2D eigenvalue weighted by atomic mass is 32.1. The Morgan fingerprint density at radius 2 is 1.96 bits per heavy atom. The smallest absolute Gasteiger partial charge is 0.191 e. The average Bonchev–Trinajstić information content (AvgIpc) is 2.63. The van der Waals surface area contributed by atoms with Crippen LogP contribution < -0.4 is 20.4 Å². The first-order chi connectivity index (χ1) is 12.1. The second-order valence-corrected chi connectivity index (χ2v) is 5.67. The molecule has 0 aliphatic heterocycles. The van der Waals surface area contributed by atoms with Crippen molar-refractivity contribution in [2.75, 3.05) is 37.5 Å². The second kappa shape index (κ2) is 9.61. The van der Waals surface area contributed by atoms with E-state index < -0.39 is 0 Å². The van der Waals surface area contributed by atoms with Gasteiger partial charge >= 0.3 is 0 Å². The van der Waals surface area contributed by atoms with Crippen LogP contribution >= 0.6 is 12.2 Å². The van der Waals surface area contributed by atoms with Crippen molar-refractivity contribution in [2.45, 2.75) is 0 Å². The summed E-state index contributed by atoms with van der Waals surface area (Å²) in [6, 6.07) is 15.4. The standard InChI is InChI=1S/C18H22N4O2S/c1-22(11-12-23)15-9-7-14(8-10-15)13-19-21-18(25)20-16-5-3-4-6-17(16)24-2/h3-10,13,23H,11-12H2,1-2H3,(H2,20,21,25). The van der Waals surface area contributed by atoms with Crippen LogP contribution in [0.1, 0.15) is 5.56 Å². The normalized spacial score (nSPS) is 10.5. The molecule has 0 aliphatic rings. The highest BCUT2D eigenvalue weighted by Crippen LogP contribution is 2.22. The van der Waals surface area contributed by atoms with Gasteiger partial charge in [0.25, 0.3) is 0 Å². The number of thiocarbonyl (C=S) groups is 1.